The van der Waals surface area contributed by atoms with Gasteiger partial charge in [0.25, 0.3) is 5.91 Å². The number of hydrogen-bond donors (Lipinski definition) is 3. The van der Waals surface area contributed by atoms with Crippen LogP contribution in [0.4, 0.5) is 11.4 Å². The maximum atomic E-state index is 12.8. The van der Waals surface area contributed by atoms with Gasteiger partial charge in [-0.1, -0.05) is 0 Å². The number of benzene rings is 2. The second-order valence-corrected chi connectivity index (χ2v) is 9.12. The van der Waals surface area contributed by atoms with E-state index in [1.807, 2.05) is 0 Å². The van der Waals surface area contributed by atoms with E-state index in [1.165, 1.54) is 41.6 Å². The van der Waals surface area contributed by atoms with Crippen molar-refractivity contribution in [1.82, 2.24) is 9.21 Å². The molecule has 2 amide bonds. The number of hydrogen-bond acceptors (Lipinski definition) is 7. The van der Waals surface area contributed by atoms with E-state index in [-0.39, 0.29) is 29.6 Å². The maximum Gasteiger partial charge on any atom is 0.255 e. The Labute approximate surface area is 180 Å². The lowest BCUT2D eigenvalue weighted by Crippen LogP contribution is -2.49. The zero-order chi connectivity index (χ0) is 21.9. The molecule has 1 aliphatic heterocycles. The van der Waals surface area contributed by atoms with Gasteiger partial charge in [0.05, 0.1) is 10.6 Å². The third-order valence-electron chi connectivity index (χ3n) is 4.79. The molecule has 2 N–H and O–H groups in total. The minimum absolute atomic E-state index is 0.0698. The molecule has 0 aliphatic carbocycles. The summed E-state index contributed by atoms with van der Waals surface area (Å²) in [4.78, 5) is 26.0. The minimum atomic E-state index is -3.68. The molecule has 0 aromatic heterocycles. The summed E-state index contributed by atoms with van der Waals surface area (Å²) in [5, 5.41) is 6.00. The molecule has 9 nitrogen and oxygen atoms in total. The SMILES string of the molecule is CC(=O)N1CCN(S(=O)(=O)c2ccc(NC(=O)c3ccc(S)c(N=N)c3)cc2)CC1. The van der Waals surface area contributed by atoms with Crippen molar-refractivity contribution in [1.29, 1.82) is 5.53 Å². The van der Waals surface area contributed by atoms with Gasteiger partial charge in [0, 0.05) is 49.2 Å². The van der Waals surface area contributed by atoms with Crippen molar-refractivity contribution in [2.24, 2.45) is 5.11 Å². The molecule has 0 bridgehead atoms. The molecule has 11 heteroatoms. The largest absolute Gasteiger partial charge is 0.340 e. The van der Waals surface area contributed by atoms with E-state index < -0.39 is 15.9 Å². The lowest BCUT2D eigenvalue weighted by molar-refractivity contribution is -0.129. The summed E-state index contributed by atoms with van der Waals surface area (Å²) >= 11 is 4.16. The van der Waals surface area contributed by atoms with Crippen LogP contribution >= 0.6 is 12.6 Å². The number of sulfonamides is 1. The van der Waals surface area contributed by atoms with Gasteiger partial charge in [-0.15, -0.1) is 12.6 Å². The van der Waals surface area contributed by atoms with Crippen LogP contribution in [-0.2, 0) is 14.8 Å². The van der Waals surface area contributed by atoms with E-state index >= 15 is 0 Å². The van der Waals surface area contributed by atoms with E-state index in [4.69, 9.17) is 5.53 Å². The van der Waals surface area contributed by atoms with E-state index in [2.05, 4.69) is 23.1 Å². The third kappa shape index (κ3) is 4.69. The highest BCUT2D eigenvalue weighted by molar-refractivity contribution is 7.89. The van der Waals surface area contributed by atoms with Crippen molar-refractivity contribution in [3.8, 4) is 0 Å². The van der Waals surface area contributed by atoms with E-state index in [1.54, 1.807) is 17.0 Å². The topological polar surface area (TPSA) is 123 Å². The quantitative estimate of drug-likeness (QED) is 0.482. The molecule has 2 aromatic rings. The summed E-state index contributed by atoms with van der Waals surface area (Å²) in [7, 11) is -3.68. The molecule has 1 heterocycles. The Morgan fingerprint density at radius 3 is 2.27 bits per heavy atom. The Morgan fingerprint density at radius 1 is 1.07 bits per heavy atom. The molecule has 1 aliphatic rings. The van der Waals surface area contributed by atoms with Crippen molar-refractivity contribution >= 4 is 45.8 Å². The van der Waals surface area contributed by atoms with E-state index in [0.29, 0.717) is 29.2 Å². The van der Waals surface area contributed by atoms with Crippen LogP contribution in [0.25, 0.3) is 0 Å². The molecule has 0 spiro atoms. The first-order valence-electron chi connectivity index (χ1n) is 9.10. The highest BCUT2D eigenvalue weighted by Gasteiger charge is 2.29. The number of nitrogens with one attached hydrogen (secondary N) is 2. The lowest BCUT2D eigenvalue weighted by atomic mass is 10.2. The Bertz CT molecular complexity index is 1080. The number of anilines is 1. The van der Waals surface area contributed by atoms with Gasteiger partial charge in [0.1, 0.15) is 0 Å². The van der Waals surface area contributed by atoms with Crippen molar-refractivity contribution in [3.05, 3.63) is 48.0 Å². The van der Waals surface area contributed by atoms with Gasteiger partial charge >= 0.3 is 0 Å². The van der Waals surface area contributed by atoms with Crippen LogP contribution in [0.5, 0.6) is 0 Å². The third-order valence-corrected chi connectivity index (χ3v) is 7.08. The molecule has 0 unspecified atom stereocenters. The van der Waals surface area contributed by atoms with E-state index in [0.717, 1.165) is 0 Å². The first kappa shape index (κ1) is 21.9. The van der Waals surface area contributed by atoms with Crippen molar-refractivity contribution in [2.75, 3.05) is 31.5 Å². The summed E-state index contributed by atoms with van der Waals surface area (Å²) in [5.74, 6) is -0.483. The number of nitrogens with zero attached hydrogens (tertiary/aromatic N) is 3. The van der Waals surface area contributed by atoms with E-state index in [9.17, 15) is 18.0 Å². The Balaban J connectivity index is 1.69. The smallest absolute Gasteiger partial charge is 0.255 e. The van der Waals surface area contributed by atoms with Gasteiger partial charge in [0.2, 0.25) is 15.9 Å². The Morgan fingerprint density at radius 2 is 1.70 bits per heavy atom. The molecule has 1 saturated heterocycles. The molecule has 0 saturated carbocycles. The molecule has 1 fully saturated rings. The lowest BCUT2D eigenvalue weighted by Gasteiger charge is -2.33. The second-order valence-electron chi connectivity index (χ2n) is 6.70. The van der Waals surface area contributed by atoms with Gasteiger partial charge in [-0.3, -0.25) is 9.59 Å². The number of carbonyl (C=O) groups excluding carboxylic acids is 2. The standard InChI is InChI=1S/C19H21N5O4S2/c1-13(25)23-8-10-24(11-9-23)30(27,28)16-5-3-15(4-6-16)21-19(26)14-2-7-18(29)17(12-14)22-20/h2-7,12,20,29H,8-11H2,1H3,(H,21,26). The number of thiol groups is 1. The number of piperazine rings is 1. The predicted octanol–water partition coefficient (Wildman–Crippen LogP) is 2.74. The van der Waals surface area contributed by atoms with Crippen LogP contribution in [-0.4, -0.2) is 55.6 Å². The predicted molar refractivity (Wildman–Crippen MR) is 114 cm³/mol. The molecule has 2 aromatic carbocycles. The van der Waals surface area contributed by atoms with Gasteiger partial charge < -0.3 is 10.2 Å². The molecular formula is C19H21N5O4S2. The summed E-state index contributed by atoms with van der Waals surface area (Å²) in [6, 6.07) is 10.5. The van der Waals surface area contributed by atoms with Crippen molar-refractivity contribution in [3.63, 3.8) is 0 Å². The molecule has 158 valence electrons. The average molecular weight is 448 g/mol. The van der Waals surface area contributed by atoms with Crippen LogP contribution in [0.1, 0.15) is 17.3 Å². The summed E-state index contributed by atoms with van der Waals surface area (Å²) in [6.07, 6.45) is 0. The second kappa shape index (κ2) is 8.94. The molecule has 0 radical (unpaired) electrons. The fraction of sp³-hybridized carbons (Fsp3) is 0.263. The zero-order valence-electron chi connectivity index (χ0n) is 16.2. The number of rotatable bonds is 5. The highest BCUT2D eigenvalue weighted by atomic mass is 32.2. The maximum absolute atomic E-state index is 12.8. The van der Waals surface area contributed by atoms with Gasteiger partial charge in [-0.2, -0.15) is 9.42 Å². The Kier molecular flexibility index (Phi) is 6.54. The van der Waals surface area contributed by atoms with Crippen LogP contribution < -0.4 is 5.32 Å². The fourth-order valence-corrected chi connectivity index (χ4v) is 4.67. The van der Waals surface area contributed by atoms with Crippen LogP contribution in [0.3, 0.4) is 0 Å². The first-order chi connectivity index (χ1) is 14.2. The molecular weight excluding hydrogens is 426 g/mol. The molecule has 3 rings (SSSR count). The van der Waals surface area contributed by atoms with Crippen LogP contribution in [0.15, 0.2) is 57.4 Å². The first-order valence-corrected chi connectivity index (χ1v) is 11.0. The van der Waals surface area contributed by atoms with Crippen LogP contribution in [0, 0.1) is 5.53 Å². The minimum Gasteiger partial charge on any atom is -0.340 e. The molecule has 0 atom stereocenters. The average Bonchev–Trinajstić information content (AvgIpc) is 2.74. The molecule has 30 heavy (non-hydrogen) atoms. The summed E-state index contributed by atoms with van der Waals surface area (Å²) in [5.41, 5.74) is 8.12. The monoisotopic (exact) mass is 447 g/mol. The normalized spacial score (nSPS) is 14.9. The van der Waals surface area contributed by atoms with Crippen molar-refractivity contribution < 1.29 is 18.0 Å². The van der Waals surface area contributed by atoms with Crippen LogP contribution in [0.2, 0.25) is 0 Å². The zero-order valence-corrected chi connectivity index (χ0v) is 17.9. The Hall–Kier alpha value is -2.76. The number of amides is 2. The summed E-state index contributed by atoms with van der Waals surface area (Å²) < 4.78 is 27.0. The van der Waals surface area contributed by atoms with Crippen molar-refractivity contribution in [2.45, 2.75) is 16.7 Å². The van der Waals surface area contributed by atoms with Gasteiger partial charge in [-0.25, -0.2) is 13.9 Å². The highest BCUT2D eigenvalue weighted by Crippen LogP contribution is 2.25. The van der Waals surface area contributed by atoms with Gasteiger partial charge in [-0.05, 0) is 42.5 Å². The van der Waals surface area contributed by atoms with Gasteiger partial charge in [0.15, 0.2) is 0 Å². The summed E-state index contributed by atoms with van der Waals surface area (Å²) in [6.45, 7) is 2.67. The fourth-order valence-electron chi connectivity index (χ4n) is 3.06. The number of carbonyl (C=O) groups is 2.